The van der Waals surface area contributed by atoms with E-state index in [1.54, 1.807) is 7.11 Å². The van der Waals surface area contributed by atoms with Crippen molar-refractivity contribution in [1.82, 2.24) is 5.32 Å². The highest BCUT2D eigenvalue weighted by atomic mass is 79.9. The van der Waals surface area contributed by atoms with E-state index in [0.717, 1.165) is 22.4 Å². The number of ether oxygens (including phenoxy) is 1. The Hall–Kier alpha value is -1.03. The topological polar surface area (TPSA) is 38.3 Å². The van der Waals surface area contributed by atoms with Crippen molar-refractivity contribution < 1.29 is 9.53 Å². The normalized spacial score (nSPS) is 9.87. The number of hydrogen-bond donors (Lipinski definition) is 1. The summed E-state index contributed by atoms with van der Waals surface area (Å²) in [5.41, 5.74) is 3.23. The second-order valence-corrected chi connectivity index (χ2v) is 4.11. The van der Waals surface area contributed by atoms with Gasteiger partial charge in [0.1, 0.15) is 5.75 Å². The van der Waals surface area contributed by atoms with Crippen LogP contribution in [0.15, 0.2) is 12.1 Å². The van der Waals surface area contributed by atoms with Crippen LogP contribution in [0.5, 0.6) is 5.75 Å². The van der Waals surface area contributed by atoms with E-state index in [-0.39, 0.29) is 4.82 Å². The fraction of sp³-hybridized carbons (Fsp3) is 0.364. The van der Waals surface area contributed by atoms with Crippen LogP contribution in [0.25, 0.3) is 0 Å². The van der Waals surface area contributed by atoms with Crippen molar-refractivity contribution in [2.75, 3.05) is 7.11 Å². The Morgan fingerprint density at radius 3 is 2.33 bits per heavy atom. The molecule has 3 nitrogen and oxygen atoms in total. The molecule has 1 amide bonds. The average molecular weight is 272 g/mol. The lowest BCUT2D eigenvalue weighted by Gasteiger charge is -2.11. The predicted molar refractivity (Wildman–Crippen MR) is 63.6 cm³/mol. The Labute approximate surface area is 97.9 Å². The van der Waals surface area contributed by atoms with Gasteiger partial charge in [-0.05, 0) is 30.5 Å². The lowest BCUT2D eigenvalue weighted by atomic mass is 10.1. The van der Waals surface area contributed by atoms with Crippen LogP contribution < -0.4 is 10.1 Å². The maximum absolute atomic E-state index is 10.7. The van der Waals surface area contributed by atoms with Crippen molar-refractivity contribution in [3.63, 3.8) is 0 Å². The second kappa shape index (κ2) is 5.16. The number of hydrogen-bond acceptors (Lipinski definition) is 2. The summed E-state index contributed by atoms with van der Waals surface area (Å²) >= 11 is 2.82. The summed E-state index contributed by atoms with van der Waals surface area (Å²) in [5, 5.41) is 2.69. The van der Waals surface area contributed by atoms with Gasteiger partial charge in [-0.2, -0.15) is 0 Å². The van der Waals surface area contributed by atoms with Crippen molar-refractivity contribution in [1.29, 1.82) is 0 Å². The molecule has 1 N–H and O–H groups in total. The van der Waals surface area contributed by atoms with Gasteiger partial charge in [0.15, 0.2) is 0 Å². The van der Waals surface area contributed by atoms with Crippen molar-refractivity contribution >= 4 is 20.7 Å². The SMILES string of the molecule is COc1c(C)cc(CNC(=O)Br)cc1C. The maximum atomic E-state index is 10.7. The molecule has 0 bridgehead atoms. The molecule has 0 heterocycles. The second-order valence-electron chi connectivity index (χ2n) is 3.39. The average Bonchev–Trinajstić information content (AvgIpc) is 2.14. The number of amides is 1. The Kier molecular flexibility index (Phi) is 4.15. The molecule has 1 rings (SSSR count). The van der Waals surface area contributed by atoms with Crippen molar-refractivity contribution in [3.8, 4) is 5.75 Å². The molecule has 0 aliphatic rings. The quantitative estimate of drug-likeness (QED) is 0.678. The minimum absolute atomic E-state index is 0.200. The van der Waals surface area contributed by atoms with Crippen LogP contribution in [-0.2, 0) is 6.54 Å². The molecule has 82 valence electrons. The first kappa shape index (κ1) is 12.0. The molecule has 0 fully saturated rings. The molecule has 0 aromatic heterocycles. The number of carbonyl (C=O) groups is 1. The van der Waals surface area contributed by atoms with Gasteiger partial charge in [-0.25, -0.2) is 0 Å². The number of nitrogens with one attached hydrogen (secondary N) is 1. The van der Waals surface area contributed by atoms with Gasteiger partial charge in [0.05, 0.1) is 7.11 Å². The molecular weight excluding hydrogens is 258 g/mol. The first-order valence-corrected chi connectivity index (χ1v) is 5.41. The summed E-state index contributed by atoms with van der Waals surface area (Å²) in [5.74, 6) is 0.906. The van der Waals surface area contributed by atoms with Gasteiger partial charge in [0, 0.05) is 22.5 Å². The van der Waals surface area contributed by atoms with Gasteiger partial charge in [0.2, 0.25) is 0 Å². The van der Waals surface area contributed by atoms with Gasteiger partial charge in [-0.1, -0.05) is 12.1 Å². The minimum Gasteiger partial charge on any atom is -0.496 e. The van der Waals surface area contributed by atoms with Crippen LogP contribution in [0.1, 0.15) is 16.7 Å². The van der Waals surface area contributed by atoms with E-state index < -0.39 is 0 Å². The zero-order valence-electron chi connectivity index (χ0n) is 9.06. The van der Waals surface area contributed by atoms with Gasteiger partial charge in [-0.15, -0.1) is 0 Å². The number of aryl methyl sites for hydroxylation is 2. The molecule has 4 heteroatoms. The Morgan fingerprint density at radius 1 is 1.40 bits per heavy atom. The Bertz CT molecular complexity index is 354. The fourth-order valence-electron chi connectivity index (χ4n) is 1.64. The standard InChI is InChI=1S/C11H14BrNO2/c1-7-4-9(6-13-11(12)14)5-8(2)10(7)15-3/h4-5H,6H2,1-3H3,(H,13,14). The van der Waals surface area contributed by atoms with Gasteiger partial charge < -0.3 is 10.1 Å². The first-order chi connectivity index (χ1) is 7.04. The van der Waals surface area contributed by atoms with Crippen molar-refractivity contribution in [2.24, 2.45) is 0 Å². The monoisotopic (exact) mass is 271 g/mol. The number of benzene rings is 1. The van der Waals surface area contributed by atoms with Gasteiger partial charge in [-0.3, -0.25) is 4.79 Å². The van der Waals surface area contributed by atoms with Crippen LogP contribution in [0.2, 0.25) is 0 Å². The summed E-state index contributed by atoms with van der Waals surface area (Å²) in [4.78, 5) is 10.5. The highest BCUT2D eigenvalue weighted by molar-refractivity contribution is 9.18. The summed E-state index contributed by atoms with van der Waals surface area (Å²) in [6.45, 7) is 4.51. The molecule has 0 unspecified atom stereocenters. The summed E-state index contributed by atoms with van der Waals surface area (Å²) in [7, 11) is 1.66. The summed E-state index contributed by atoms with van der Waals surface area (Å²) in [6.07, 6.45) is 0. The van der Waals surface area contributed by atoms with Crippen LogP contribution in [0.3, 0.4) is 0 Å². The third kappa shape index (κ3) is 3.23. The third-order valence-corrected chi connectivity index (χ3v) is 2.44. The largest absolute Gasteiger partial charge is 0.496 e. The van der Waals surface area contributed by atoms with Crippen molar-refractivity contribution in [2.45, 2.75) is 20.4 Å². The first-order valence-electron chi connectivity index (χ1n) is 4.62. The van der Waals surface area contributed by atoms with Crippen molar-refractivity contribution in [3.05, 3.63) is 28.8 Å². The van der Waals surface area contributed by atoms with Gasteiger partial charge in [0.25, 0.3) is 4.82 Å². The predicted octanol–water partition coefficient (Wildman–Crippen LogP) is 2.92. The maximum Gasteiger partial charge on any atom is 0.287 e. The lowest BCUT2D eigenvalue weighted by molar-refractivity contribution is 0.261. The smallest absolute Gasteiger partial charge is 0.287 e. The molecule has 15 heavy (non-hydrogen) atoms. The zero-order chi connectivity index (χ0) is 11.4. The molecular formula is C11H14BrNO2. The molecule has 0 aliphatic carbocycles. The number of carbonyl (C=O) groups excluding carboxylic acids is 1. The van der Waals surface area contributed by atoms with E-state index in [4.69, 9.17) is 4.74 Å². The number of methoxy groups -OCH3 is 1. The molecule has 0 saturated carbocycles. The van der Waals surface area contributed by atoms with E-state index >= 15 is 0 Å². The highest BCUT2D eigenvalue weighted by Crippen LogP contribution is 2.24. The summed E-state index contributed by atoms with van der Waals surface area (Å²) < 4.78 is 5.26. The summed E-state index contributed by atoms with van der Waals surface area (Å²) in [6, 6.07) is 4.02. The number of rotatable bonds is 3. The Morgan fingerprint density at radius 2 is 1.93 bits per heavy atom. The van der Waals surface area contributed by atoms with Crippen LogP contribution in [-0.4, -0.2) is 11.9 Å². The van der Waals surface area contributed by atoms with Crippen LogP contribution in [0, 0.1) is 13.8 Å². The highest BCUT2D eigenvalue weighted by Gasteiger charge is 2.05. The molecule has 0 atom stereocenters. The minimum atomic E-state index is -0.200. The molecule has 0 radical (unpaired) electrons. The zero-order valence-corrected chi connectivity index (χ0v) is 10.6. The third-order valence-electron chi connectivity index (χ3n) is 2.16. The lowest BCUT2D eigenvalue weighted by Crippen LogP contribution is -2.15. The van der Waals surface area contributed by atoms with E-state index in [1.807, 2.05) is 26.0 Å². The fourth-order valence-corrected chi connectivity index (χ4v) is 1.78. The van der Waals surface area contributed by atoms with Crippen LogP contribution >= 0.6 is 15.9 Å². The molecule has 1 aromatic carbocycles. The van der Waals surface area contributed by atoms with Gasteiger partial charge >= 0.3 is 0 Å². The molecule has 0 spiro atoms. The number of halogens is 1. The van der Waals surface area contributed by atoms with Crippen LogP contribution in [0.4, 0.5) is 4.79 Å². The van der Waals surface area contributed by atoms with E-state index in [9.17, 15) is 4.79 Å². The molecule has 0 saturated heterocycles. The van der Waals surface area contributed by atoms with E-state index in [1.165, 1.54) is 0 Å². The molecule has 1 aromatic rings. The van der Waals surface area contributed by atoms with E-state index in [0.29, 0.717) is 6.54 Å². The molecule has 0 aliphatic heterocycles. The van der Waals surface area contributed by atoms with E-state index in [2.05, 4.69) is 21.2 Å². The Balaban J connectivity index is 2.88.